The van der Waals surface area contributed by atoms with E-state index in [4.69, 9.17) is 27.9 Å². The fraction of sp³-hybridized carbons (Fsp3) is 0.200. The molecule has 28 heavy (non-hydrogen) atoms. The normalized spacial score (nSPS) is 10.7. The Kier molecular flexibility index (Phi) is 6.88. The highest BCUT2D eigenvalue weighted by Gasteiger charge is 2.12. The Hall–Kier alpha value is -2.15. The maximum absolute atomic E-state index is 13.1. The van der Waals surface area contributed by atoms with Crippen molar-refractivity contribution in [3.05, 3.63) is 63.2 Å². The highest BCUT2D eigenvalue weighted by atomic mass is 35.5. The number of aryl methyl sites for hydroxylation is 1. The van der Waals surface area contributed by atoms with Crippen LogP contribution in [0.3, 0.4) is 0 Å². The summed E-state index contributed by atoms with van der Waals surface area (Å²) in [7, 11) is 0. The third-order valence-electron chi connectivity index (χ3n) is 3.86. The lowest BCUT2D eigenvalue weighted by Crippen LogP contribution is -2.12. The fourth-order valence-corrected chi connectivity index (χ4v) is 3.83. The van der Waals surface area contributed by atoms with Crippen LogP contribution < -0.4 is 10.1 Å². The molecule has 1 aromatic heterocycles. The summed E-state index contributed by atoms with van der Waals surface area (Å²) >= 11 is 13.3. The van der Waals surface area contributed by atoms with Crippen LogP contribution in [0.1, 0.15) is 17.7 Å². The number of anilines is 1. The molecule has 0 aliphatic heterocycles. The molecule has 1 N–H and O–H groups in total. The molecule has 3 aromatic rings. The monoisotopic (exact) mass is 438 g/mol. The first-order chi connectivity index (χ1) is 13.4. The van der Waals surface area contributed by atoms with Crippen LogP contribution in [0.15, 0.2) is 42.5 Å². The van der Waals surface area contributed by atoms with Gasteiger partial charge in [0.15, 0.2) is 5.13 Å². The van der Waals surface area contributed by atoms with Crippen molar-refractivity contribution < 1.29 is 13.9 Å². The van der Waals surface area contributed by atoms with Crippen molar-refractivity contribution >= 4 is 45.6 Å². The highest BCUT2D eigenvalue weighted by molar-refractivity contribution is 7.16. The largest absolute Gasteiger partial charge is 0.492 e. The van der Waals surface area contributed by atoms with Crippen LogP contribution in [0, 0.1) is 12.7 Å². The predicted octanol–water partition coefficient (Wildman–Crippen LogP) is 6.36. The third kappa shape index (κ3) is 5.44. The Balaban J connectivity index is 1.50. The number of hydrogen-bond acceptors (Lipinski definition) is 4. The van der Waals surface area contributed by atoms with E-state index in [1.165, 1.54) is 23.5 Å². The molecule has 2 aromatic carbocycles. The Bertz CT molecular complexity index is 977. The van der Waals surface area contributed by atoms with Gasteiger partial charge in [0.1, 0.15) is 11.6 Å². The second kappa shape index (κ2) is 9.37. The van der Waals surface area contributed by atoms with Gasteiger partial charge in [0.25, 0.3) is 0 Å². The third-order valence-corrected chi connectivity index (χ3v) is 5.28. The smallest absolute Gasteiger partial charge is 0.226 e. The number of hydrogen-bond donors (Lipinski definition) is 1. The molecular weight excluding hydrogens is 422 g/mol. The van der Waals surface area contributed by atoms with Gasteiger partial charge in [-0.15, -0.1) is 11.3 Å². The number of ether oxygens (including phenoxy) is 1. The zero-order valence-electron chi connectivity index (χ0n) is 15.0. The van der Waals surface area contributed by atoms with E-state index in [1.54, 1.807) is 30.3 Å². The fourth-order valence-electron chi connectivity index (χ4n) is 2.51. The Morgan fingerprint density at radius 1 is 1.21 bits per heavy atom. The van der Waals surface area contributed by atoms with Crippen molar-refractivity contribution in [3.8, 4) is 17.0 Å². The van der Waals surface area contributed by atoms with Crippen molar-refractivity contribution in [1.29, 1.82) is 0 Å². The molecule has 4 nitrogen and oxygen atoms in total. The summed E-state index contributed by atoms with van der Waals surface area (Å²) in [5.41, 5.74) is 1.55. The van der Waals surface area contributed by atoms with Crippen LogP contribution >= 0.6 is 34.5 Å². The van der Waals surface area contributed by atoms with E-state index in [9.17, 15) is 9.18 Å². The lowest BCUT2D eigenvalue weighted by Gasteiger charge is -2.08. The van der Waals surface area contributed by atoms with Crippen molar-refractivity contribution in [1.82, 2.24) is 4.98 Å². The number of amides is 1. The minimum absolute atomic E-state index is 0.148. The molecule has 0 spiro atoms. The quantitative estimate of drug-likeness (QED) is 0.436. The van der Waals surface area contributed by atoms with Gasteiger partial charge in [-0.05, 0) is 55.8 Å². The standard InChI is InChI=1S/C20H17Cl2FN2O2S/c1-12-19(13-4-7-15(23)8-5-13)25-20(28-12)24-18(26)3-2-10-27-17-9-6-14(21)11-16(17)22/h4-9,11H,2-3,10H2,1H3,(H,24,25,26). The molecule has 0 unspecified atom stereocenters. The molecule has 3 rings (SSSR count). The summed E-state index contributed by atoms with van der Waals surface area (Å²) in [4.78, 5) is 17.5. The average molecular weight is 439 g/mol. The van der Waals surface area contributed by atoms with E-state index in [-0.39, 0.29) is 18.1 Å². The summed E-state index contributed by atoms with van der Waals surface area (Å²) in [6.07, 6.45) is 0.815. The lowest BCUT2D eigenvalue weighted by atomic mass is 10.1. The number of nitrogens with one attached hydrogen (secondary N) is 1. The molecule has 1 amide bonds. The van der Waals surface area contributed by atoms with Crippen LogP contribution in [0.4, 0.5) is 9.52 Å². The summed E-state index contributed by atoms with van der Waals surface area (Å²) in [6.45, 7) is 2.27. The first-order valence-electron chi connectivity index (χ1n) is 8.53. The van der Waals surface area contributed by atoms with Crippen LogP contribution in [-0.2, 0) is 4.79 Å². The highest BCUT2D eigenvalue weighted by Crippen LogP contribution is 2.31. The number of rotatable bonds is 7. The van der Waals surface area contributed by atoms with Crippen LogP contribution in [0.2, 0.25) is 10.0 Å². The van der Waals surface area contributed by atoms with Gasteiger partial charge < -0.3 is 10.1 Å². The first-order valence-corrected chi connectivity index (χ1v) is 10.1. The predicted molar refractivity (Wildman–Crippen MR) is 112 cm³/mol. The minimum Gasteiger partial charge on any atom is -0.492 e. The molecule has 146 valence electrons. The summed E-state index contributed by atoms with van der Waals surface area (Å²) in [6, 6.07) is 11.1. The topological polar surface area (TPSA) is 51.2 Å². The number of aromatic nitrogens is 1. The number of carbonyl (C=O) groups is 1. The molecule has 0 fully saturated rings. The molecule has 0 atom stereocenters. The molecule has 8 heteroatoms. The van der Waals surface area contributed by atoms with Gasteiger partial charge in [0.2, 0.25) is 5.91 Å². The summed E-state index contributed by atoms with van der Waals surface area (Å²) < 4.78 is 18.6. The van der Waals surface area contributed by atoms with Crippen molar-refractivity contribution in [2.75, 3.05) is 11.9 Å². The van der Waals surface area contributed by atoms with Crippen molar-refractivity contribution in [3.63, 3.8) is 0 Å². The van der Waals surface area contributed by atoms with Gasteiger partial charge in [-0.2, -0.15) is 0 Å². The second-order valence-electron chi connectivity index (χ2n) is 6.01. The molecule has 0 bridgehead atoms. The lowest BCUT2D eigenvalue weighted by molar-refractivity contribution is -0.116. The van der Waals surface area contributed by atoms with E-state index in [0.29, 0.717) is 34.0 Å². The van der Waals surface area contributed by atoms with E-state index in [1.807, 2.05) is 6.92 Å². The molecule has 1 heterocycles. The molecule has 0 aliphatic carbocycles. The molecule has 0 radical (unpaired) electrons. The van der Waals surface area contributed by atoms with Gasteiger partial charge >= 0.3 is 0 Å². The SMILES string of the molecule is Cc1sc(NC(=O)CCCOc2ccc(Cl)cc2Cl)nc1-c1ccc(F)cc1. The molecule has 0 saturated heterocycles. The van der Waals surface area contributed by atoms with Crippen molar-refractivity contribution in [2.45, 2.75) is 19.8 Å². The minimum atomic E-state index is -0.299. The van der Waals surface area contributed by atoms with Crippen molar-refractivity contribution in [2.24, 2.45) is 0 Å². The zero-order chi connectivity index (χ0) is 20.1. The van der Waals surface area contributed by atoms with Gasteiger partial charge in [-0.1, -0.05) is 23.2 Å². The number of thiazole rings is 1. The van der Waals surface area contributed by atoms with Gasteiger partial charge in [-0.3, -0.25) is 4.79 Å². The zero-order valence-corrected chi connectivity index (χ0v) is 17.3. The van der Waals surface area contributed by atoms with Crippen LogP contribution in [-0.4, -0.2) is 17.5 Å². The van der Waals surface area contributed by atoms with E-state index in [0.717, 1.165) is 16.1 Å². The second-order valence-corrected chi connectivity index (χ2v) is 8.05. The van der Waals surface area contributed by atoms with Crippen LogP contribution in [0.25, 0.3) is 11.3 Å². The van der Waals surface area contributed by atoms with Gasteiger partial charge in [-0.25, -0.2) is 9.37 Å². The molecular formula is C20H17Cl2FN2O2S. The van der Waals surface area contributed by atoms with E-state index < -0.39 is 0 Å². The molecule has 0 saturated carbocycles. The Labute approximate surface area is 176 Å². The van der Waals surface area contributed by atoms with E-state index >= 15 is 0 Å². The number of nitrogens with zero attached hydrogens (tertiary/aromatic N) is 1. The first kappa shape index (κ1) is 20.6. The van der Waals surface area contributed by atoms with Gasteiger partial charge in [0, 0.05) is 21.9 Å². The average Bonchev–Trinajstić information content (AvgIpc) is 3.01. The summed E-state index contributed by atoms with van der Waals surface area (Å²) in [5, 5.41) is 4.29. The number of carbonyl (C=O) groups excluding carboxylic acids is 1. The summed E-state index contributed by atoms with van der Waals surface area (Å²) in [5.74, 6) is 0.0865. The maximum atomic E-state index is 13.1. The Morgan fingerprint density at radius 3 is 2.68 bits per heavy atom. The number of benzene rings is 2. The maximum Gasteiger partial charge on any atom is 0.226 e. The van der Waals surface area contributed by atoms with Gasteiger partial charge in [0.05, 0.1) is 17.3 Å². The molecule has 0 aliphatic rings. The Morgan fingerprint density at radius 2 is 1.96 bits per heavy atom. The van der Waals surface area contributed by atoms with Crippen LogP contribution in [0.5, 0.6) is 5.75 Å². The number of halogens is 3. The van der Waals surface area contributed by atoms with E-state index in [2.05, 4.69) is 10.3 Å².